The summed E-state index contributed by atoms with van der Waals surface area (Å²) in [5, 5.41) is 4.36. The summed E-state index contributed by atoms with van der Waals surface area (Å²) in [6, 6.07) is -0.118. The molecular formula is C12H18N2O3S. The van der Waals surface area contributed by atoms with Gasteiger partial charge in [0.15, 0.2) is 15.6 Å². The summed E-state index contributed by atoms with van der Waals surface area (Å²) >= 11 is 0. The molecule has 1 atom stereocenters. The number of rotatable bonds is 3. The van der Waals surface area contributed by atoms with Crippen molar-refractivity contribution in [3.05, 3.63) is 17.0 Å². The van der Waals surface area contributed by atoms with Gasteiger partial charge in [0.05, 0.1) is 28.8 Å². The van der Waals surface area contributed by atoms with Crippen LogP contribution >= 0.6 is 0 Å². The van der Waals surface area contributed by atoms with Crippen LogP contribution in [0.2, 0.25) is 0 Å². The Morgan fingerprint density at radius 1 is 1.44 bits per heavy atom. The molecular weight excluding hydrogens is 252 g/mol. The van der Waals surface area contributed by atoms with Crippen molar-refractivity contribution in [2.24, 2.45) is 0 Å². The van der Waals surface area contributed by atoms with Crippen LogP contribution in [0.4, 0.5) is 0 Å². The minimum absolute atomic E-state index is 0.0668. The maximum Gasteiger partial charge on any atom is 0.166 e. The minimum Gasteiger partial charge on any atom is -0.294 e. The molecule has 1 aromatic rings. The molecule has 100 valence electrons. The van der Waals surface area contributed by atoms with Crippen LogP contribution in [-0.4, -0.2) is 35.5 Å². The van der Waals surface area contributed by atoms with Gasteiger partial charge in [-0.15, -0.1) is 0 Å². The highest BCUT2D eigenvalue weighted by Gasteiger charge is 2.32. The standard InChI is InChI=1S/C12H18N2O3S/c1-4-11(15)12-8(2)13-14(9(12)3)10-5-6-18(16,17)7-10/h10H,4-7H2,1-3H3. The van der Waals surface area contributed by atoms with Crippen LogP contribution < -0.4 is 0 Å². The summed E-state index contributed by atoms with van der Waals surface area (Å²) in [7, 11) is -2.94. The van der Waals surface area contributed by atoms with E-state index < -0.39 is 9.84 Å². The molecule has 1 fully saturated rings. The van der Waals surface area contributed by atoms with Gasteiger partial charge in [0.2, 0.25) is 0 Å². The van der Waals surface area contributed by atoms with Gasteiger partial charge in [0, 0.05) is 12.1 Å². The Bertz CT molecular complexity index is 587. The highest BCUT2D eigenvalue weighted by molar-refractivity contribution is 7.91. The number of carbonyl (C=O) groups is 1. The molecule has 6 heteroatoms. The van der Waals surface area contributed by atoms with Crippen molar-refractivity contribution in [1.82, 2.24) is 9.78 Å². The molecule has 1 aliphatic heterocycles. The zero-order chi connectivity index (χ0) is 13.5. The zero-order valence-electron chi connectivity index (χ0n) is 10.9. The number of Topliss-reactive ketones (excluding diaryl/α,β-unsaturated/α-hetero) is 1. The fraction of sp³-hybridized carbons (Fsp3) is 0.667. The SMILES string of the molecule is CCC(=O)c1c(C)nn(C2CCS(=O)(=O)C2)c1C. The van der Waals surface area contributed by atoms with Gasteiger partial charge >= 0.3 is 0 Å². The molecule has 0 saturated carbocycles. The van der Waals surface area contributed by atoms with E-state index in [-0.39, 0.29) is 23.3 Å². The van der Waals surface area contributed by atoms with Crippen molar-refractivity contribution >= 4 is 15.6 Å². The van der Waals surface area contributed by atoms with E-state index in [9.17, 15) is 13.2 Å². The molecule has 0 radical (unpaired) electrons. The Labute approximate surface area is 107 Å². The predicted octanol–water partition coefficient (Wildman–Crippen LogP) is 1.45. The normalized spacial score (nSPS) is 22.3. The Hall–Kier alpha value is -1.17. The molecule has 0 N–H and O–H groups in total. The zero-order valence-corrected chi connectivity index (χ0v) is 11.7. The number of sulfone groups is 1. The fourth-order valence-corrected chi connectivity index (χ4v) is 4.26. The quantitative estimate of drug-likeness (QED) is 0.780. The van der Waals surface area contributed by atoms with Gasteiger partial charge in [-0.2, -0.15) is 5.10 Å². The van der Waals surface area contributed by atoms with Crippen LogP contribution in [0.25, 0.3) is 0 Å². The lowest BCUT2D eigenvalue weighted by molar-refractivity contribution is 0.0987. The summed E-state index contributed by atoms with van der Waals surface area (Å²) in [6.45, 7) is 5.46. The van der Waals surface area contributed by atoms with Gasteiger partial charge in [0.1, 0.15) is 0 Å². The molecule has 1 aliphatic rings. The second-order valence-electron chi connectivity index (χ2n) is 4.82. The molecule has 1 unspecified atom stereocenters. The lowest BCUT2D eigenvalue weighted by Gasteiger charge is -2.11. The minimum atomic E-state index is -2.94. The van der Waals surface area contributed by atoms with Crippen LogP contribution in [0.1, 0.15) is 47.6 Å². The largest absolute Gasteiger partial charge is 0.294 e. The van der Waals surface area contributed by atoms with Crippen LogP contribution in [0, 0.1) is 13.8 Å². The Morgan fingerprint density at radius 2 is 2.11 bits per heavy atom. The second kappa shape index (κ2) is 4.50. The monoisotopic (exact) mass is 270 g/mol. The third kappa shape index (κ3) is 2.21. The first-order valence-corrected chi connectivity index (χ1v) is 7.97. The van der Waals surface area contributed by atoms with Gasteiger partial charge in [-0.25, -0.2) is 8.42 Å². The van der Waals surface area contributed by atoms with E-state index >= 15 is 0 Å². The Kier molecular flexibility index (Phi) is 3.31. The third-order valence-electron chi connectivity index (χ3n) is 3.48. The first-order chi connectivity index (χ1) is 8.35. The molecule has 2 heterocycles. The fourth-order valence-electron chi connectivity index (χ4n) is 2.57. The number of ketones is 1. The summed E-state index contributed by atoms with van der Waals surface area (Å²) < 4.78 is 24.7. The molecule has 0 amide bonds. The first kappa shape index (κ1) is 13.3. The molecule has 1 aromatic heterocycles. The van der Waals surface area contributed by atoms with Gasteiger partial charge in [-0.3, -0.25) is 9.48 Å². The van der Waals surface area contributed by atoms with Gasteiger partial charge in [-0.05, 0) is 20.3 Å². The Morgan fingerprint density at radius 3 is 2.61 bits per heavy atom. The van der Waals surface area contributed by atoms with Gasteiger partial charge in [-0.1, -0.05) is 6.92 Å². The molecule has 18 heavy (non-hydrogen) atoms. The molecule has 0 spiro atoms. The number of nitrogens with zero attached hydrogens (tertiary/aromatic N) is 2. The first-order valence-electron chi connectivity index (χ1n) is 6.15. The molecule has 5 nitrogen and oxygen atoms in total. The van der Waals surface area contributed by atoms with E-state index in [2.05, 4.69) is 5.10 Å². The van der Waals surface area contributed by atoms with Crippen LogP contribution in [0.5, 0.6) is 0 Å². The van der Waals surface area contributed by atoms with Gasteiger partial charge < -0.3 is 0 Å². The van der Waals surface area contributed by atoms with Crippen LogP contribution in [0.15, 0.2) is 0 Å². The lowest BCUT2D eigenvalue weighted by Crippen LogP contribution is -2.14. The number of hydrogen-bond donors (Lipinski definition) is 0. The molecule has 0 bridgehead atoms. The summed E-state index contributed by atoms with van der Waals surface area (Å²) in [5.41, 5.74) is 2.15. The smallest absolute Gasteiger partial charge is 0.166 e. The third-order valence-corrected chi connectivity index (χ3v) is 5.23. The van der Waals surface area contributed by atoms with Gasteiger partial charge in [0.25, 0.3) is 0 Å². The van der Waals surface area contributed by atoms with Crippen molar-refractivity contribution in [2.75, 3.05) is 11.5 Å². The van der Waals surface area contributed by atoms with E-state index in [1.807, 2.05) is 13.8 Å². The number of aryl methyl sites for hydroxylation is 1. The van der Waals surface area contributed by atoms with Crippen molar-refractivity contribution in [3.63, 3.8) is 0 Å². The van der Waals surface area contributed by atoms with E-state index in [4.69, 9.17) is 0 Å². The predicted molar refractivity (Wildman–Crippen MR) is 68.6 cm³/mol. The second-order valence-corrected chi connectivity index (χ2v) is 7.05. The highest BCUT2D eigenvalue weighted by atomic mass is 32.2. The Balaban J connectivity index is 2.40. The summed E-state index contributed by atoms with van der Waals surface area (Å²) in [5.74, 6) is 0.416. The average molecular weight is 270 g/mol. The van der Waals surface area contributed by atoms with Crippen molar-refractivity contribution in [1.29, 1.82) is 0 Å². The molecule has 1 saturated heterocycles. The maximum absolute atomic E-state index is 11.8. The average Bonchev–Trinajstić information content (AvgIpc) is 2.78. The number of carbonyl (C=O) groups excluding carboxylic acids is 1. The summed E-state index contributed by atoms with van der Waals surface area (Å²) in [4.78, 5) is 11.8. The summed E-state index contributed by atoms with van der Waals surface area (Å²) in [6.07, 6.45) is 1.03. The van der Waals surface area contributed by atoms with E-state index in [1.165, 1.54) is 0 Å². The molecule has 0 aliphatic carbocycles. The number of aromatic nitrogens is 2. The molecule has 2 rings (SSSR count). The number of hydrogen-bond acceptors (Lipinski definition) is 4. The van der Waals surface area contributed by atoms with Crippen molar-refractivity contribution in [3.8, 4) is 0 Å². The highest BCUT2D eigenvalue weighted by Crippen LogP contribution is 2.27. The maximum atomic E-state index is 11.8. The topological polar surface area (TPSA) is 69.0 Å². The lowest BCUT2D eigenvalue weighted by atomic mass is 10.1. The van der Waals surface area contributed by atoms with Crippen molar-refractivity contribution < 1.29 is 13.2 Å². The van der Waals surface area contributed by atoms with Crippen LogP contribution in [-0.2, 0) is 9.84 Å². The van der Waals surface area contributed by atoms with Crippen molar-refractivity contribution in [2.45, 2.75) is 39.7 Å². The van der Waals surface area contributed by atoms with E-state index in [1.54, 1.807) is 11.6 Å². The van der Waals surface area contributed by atoms with E-state index in [0.717, 1.165) is 5.69 Å². The van der Waals surface area contributed by atoms with Crippen LogP contribution in [0.3, 0.4) is 0 Å². The van der Waals surface area contributed by atoms with E-state index in [0.29, 0.717) is 24.1 Å². The molecule has 0 aromatic carbocycles.